The number of pyridine rings is 2. The van der Waals surface area contributed by atoms with Crippen LogP contribution in [0, 0.1) is 0 Å². The molecule has 0 radical (unpaired) electrons. The Balaban J connectivity index is 1.53. The van der Waals surface area contributed by atoms with Crippen molar-refractivity contribution >= 4 is 48.4 Å². The van der Waals surface area contributed by atoms with Crippen molar-refractivity contribution in [2.75, 3.05) is 0 Å². The molecule has 0 atom stereocenters. The summed E-state index contributed by atoms with van der Waals surface area (Å²) in [5.74, 6) is 0.758. The maximum absolute atomic E-state index is 4.66. The molecular formula is C18H14BrN3S. The van der Waals surface area contributed by atoms with Crippen molar-refractivity contribution in [3.63, 3.8) is 0 Å². The van der Waals surface area contributed by atoms with Crippen LogP contribution in [-0.2, 0) is 6.54 Å². The number of fused-ring (bicyclic) bond motifs is 2. The number of rotatable bonds is 3. The first-order valence-electron chi connectivity index (χ1n) is 7.75. The number of hydrogen-bond acceptors (Lipinski definition) is 3. The largest absolute Gasteiger partial charge is 0.342 e. The second-order valence-electron chi connectivity index (χ2n) is 6.16. The Morgan fingerprint density at radius 2 is 2.04 bits per heavy atom. The summed E-state index contributed by atoms with van der Waals surface area (Å²) in [4.78, 5) is 11.4. The van der Waals surface area contributed by atoms with E-state index in [2.05, 4.69) is 67.1 Å². The van der Waals surface area contributed by atoms with E-state index in [0.29, 0.717) is 0 Å². The number of nitrogens with zero attached hydrogens (tertiary/aromatic N) is 3. The highest BCUT2D eigenvalue weighted by molar-refractivity contribution is 9.10. The molecule has 23 heavy (non-hydrogen) atoms. The summed E-state index contributed by atoms with van der Waals surface area (Å²) in [6.45, 7) is 0.875. The van der Waals surface area contributed by atoms with Crippen LogP contribution in [0.25, 0.3) is 21.1 Å². The fourth-order valence-corrected chi connectivity index (χ4v) is 4.38. The van der Waals surface area contributed by atoms with E-state index in [9.17, 15) is 0 Å². The van der Waals surface area contributed by atoms with Gasteiger partial charge in [0.1, 0.15) is 9.43 Å². The third-order valence-corrected chi connectivity index (χ3v) is 5.92. The van der Waals surface area contributed by atoms with Gasteiger partial charge in [0.15, 0.2) is 0 Å². The Bertz CT molecular complexity index is 1030. The quantitative estimate of drug-likeness (QED) is 0.447. The van der Waals surface area contributed by atoms with E-state index in [-0.39, 0.29) is 0 Å². The second kappa shape index (κ2) is 5.14. The van der Waals surface area contributed by atoms with E-state index in [1.807, 2.05) is 6.20 Å². The minimum Gasteiger partial charge on any atom is -0.342 e. The predicted molar refractivity (Wildman–Crippen MR) is 98.1 cm³/mol. The molecule has 0 aromatic carbocycles. The summed E-state index contributed by atoms with van der Waals surface area (Å²) in [5.41, 5.74) is 2.61. The monoisotopic (exact) mass is 383 g/mol. The Morgan fingerprint density at radius 3 is 2.91 bits per heavy atom. The van der Waals surface area contributed by atoms with Gasteiger partial charge in [-0.05, 0) is 64.5 Å². The molecule has 1 fully saturated rings. The van der Waals surface area contributed by atoms with Crippen LogP contribution >= 0.6 is 27.3 Å². The third-order valence-electron chi connectivity index (χ3n) is 4.44. The number of aromatic nitrogens is 3. The smallest absolute Gasteiger partial charge is 0.123 e. The predicted octanol–water partition coefficient (Wildman–Crippen LogP) is 5.33. The van der Waals surface area contributed by atoms with Gasteiger partial charge in [-0.25, -0.2) is 9.97 Å². The molecule has 5 heteroatoms. The van der Waals surface area contributed by atoms with E-state index in [1.54, 1.807) is 11.3 Å². The fourth-order valence-electron chi connectivity index (χ4n) is 3.08. The van der Waals surface area contributed by atoms with Crippen LogP contribution in [0.2, 0.25) is 0 Å². The zero-order valence-corrected chi connectivity index (χ0v) is 14.8. The standard InChI is InChI=1S/C18H14BrN3S/c19-17-7-16-12(8-20-17)3-4-22(16)10-15-6-13-5-14(11-1-2-11)9-21-18(13)23-15/h3-9,11H,1-2,10H2. The normalized spacial score (nSPS) is 14.8. The molecular weight excluding hydrogens is 370 g/mol. The molecule has 4 heterocycles. The molecule has 0 saturated heterocycles. The number of thiophene rings is 1. The maximum Gasteiger partial charge on any atom is 0.123 e. The van der Waals surface area contributed by atoms with Crippen LogP contribution in [0.15, 0.2) is 47.5 Å². The van der Waals surface area contributed by atoms with Gasteiger partial charge in [-0.2, -0.15) is 0 Å². The topological polar surface area (TPSA) is 30.7 Å². The van der Waals surface area contributed by atoms with Gasteiger partial charge in [0.05, 0.1) is 12.1 Å². The maximum atomic E-state index is 4.66. The molecule has 4 aromatic heterocycles. The van der Waals surface area contributed by atoms with Crippen molar-refractivity contribution in [2.24, 2.45) is 0 Å². The first-order chi connectivity index (χ1) is 11.3. The van der Waals surface area contributed by atoms with Crippen LogP contribution < -0.4 is 0 Å². The lowest BCUT2D eigenvalue weighted by molar-refractivity contribution is 0.851. The molecule has 114 valence electrons. The Morgan fingerprint density at radius 1 is 1.13 bits per heavy atom. The summed E-state index contributed by atoms with van der Waals surface area (Å²) in [7, 11) is 0. The molecule has 5 rings (SSSR count). The molecule has 0 bridgehead atoms. The van der Waals surface area contributed by atoms with Crippen LogP contribution in [0.1, 0.15) is 29.2 Å². The molecule has 0 N–H and O–H groups in total. The third kappa shape index (κ3) is 2.48. The lowest BCUT2D eigenvalue weighted by Crippen LogP contribution is -1.95. The first-order valence-corrected chi connectivity index (χ1v) is 9.36. The van der Waals surface area contributed by atoms with E-state index in [0.717, 1.165) is 21.9 Å². The highest BCUT2D eigenvalue weighted by atomic mass is 79.9. The summed E-state index contributed by atoms with van der Waals surface area (Å²) in [6, 6.07) is 8.81. The fraction of sp³-hybridized carbons (Fsp3) is 0.222. The molecule has 0 unspecified atom stereocenters. The van der Waals surface area contributed by atoms with Crippen molar-refractivity contribution in [1.82, 2.24) is 14.5 Å². The second-order valence-corrected chi connectivity index (χ2v) is 8.09. The lowest BCUT2D eigenvalue weighted by atomic mass is 10.1. The molecule has 1 aliphatic carbocycles. The van der Waals surface area contributed by atoms with Gasteiger partial charge in [-0.1, -0.05) is 0 Å². The summed E-state index contributed by atoms with van der Waals surface area (Å²) < 4.78 is 3.14. The zero-order valence-electron chi connectivity index (χ0n) is 12.4. The van der Waals surface area contributed by atoms with E-state index in [4.69, 9.17) is 0 Å². The minimum absolute atomic E-state index is 0.758. The molecule has 1 saturated carbocycles. The summed E-state index contributed by atoms with van der Waals surface area (Å²) in [6.07, 6.45) is 8.75. The Hall–Kier alpha value is -1.72. The minimum atomic E-state index is 0.758. The van der Waals surface area contributed by atoms with Gasteiger partial charge in [0.2, 0.25) is 0 Å². The van der Waals surface area contributed by atoms with Crippen molar-refractivity contribution in [3.05, 3.63) is 57.9 Å². The number of hydrogen-bond donors (Lipinski definition) is 0. The van der Waals surface area contributed by atoms with Crippen LogP contribution in [-0.4, -0.2) is 14.5 Å². The molecule has 4 aromatic rings. The van der Waals surface area contributed by atoms with Crippen molar-refractivity contribution in [3.8, 4) is 0 Å². The first kappa shape index (κ1) is 13.7. The zero-order chi connectivity index (χ0) is 15.4. The highest BCUT2D eigenvalue weighted by Crippen LogP contribution is 2.41. The van der Waals surface area contributed by atoms with Crippen LogP contribution in [0.3, 0.4) is 0 Å². The van der Waals surface area contributed by atoms with Gasteiger partial charge in [-0.15, -0.1) is 11.3 Å². The van der Waals surface area contributed by atoms with E-state index in [1.165, 1.54) is 39.6 Å². The molecule has 0 aliphatic heterocycles. The van der Waals surface area contributed by atoms with Gasteiger partial charge in [0, 0.05) is 34.2 Å². The van der Waals surface area contributed by atoms with Crippen molar-refractivity contribution in [2.45, 2.75) is 25.3 Å². The SMILES string of the molecule is Brc1cc2c(ccn2Cc2cc3cc(C4CC4)cnc3s2)cn1. The Kier molecular flexibility index (Phi) is 3.06. The van der Waals surface area contributed by atoms with E-state index >= 15 is 0 Å². The van der Waals surface area contributed by atoms with Crippen LogP contribution in [0.4, 0.5) is 0 Å². The molecule has 3 nitrogen and oxygen atoms in total. The average molecular weight is 384 g/mol. The molecule has 0 spiro atoms. The van der Waals surface area contributed by atoms with E-state index < -0.39 is 0 Å². The lowest BCUT2D eigenvalue weighted by Gasteiger charge is -2.03. The summed E-state index contributed by atoms with van der Waals surface area (Å²) in [5, 5.41) is 2.46. The van der Waals surface area contributed by atoms with Gasteiger partial charge in [0.25, 0.3) is 0 Å². The number of halogens is 1. The van der Waals surface area contributed by atoms with Gasteiger partial charge < -0.3 is 4.57 Å². The molecule has 0 amide bonds. The average Bonchev–Trinajstić information content (AvgIpc) is 3.22. The van der Waals surface area contributed by atoms with Crippen molar-refractivity contribution < 1.29 is 0 Å². The van der Waals surface area contributed by atoms with Crippen LogP contribution in [0.5, 0.6) is 0 Å². The van der Waals surface area contributed by atoms with Gasteiger partial charge >= 0.3 is 0 Å². The Labute approximate surface area is 146 Å². The highest BCUT2D eigenvalue weighted by Gasteiger charge is 2.24. The molecule has 1 aliphatic rings. The van der Waals surface area contributed by atoms with Gasteiger partial charge in [-0.3, -0.25) is 0 Å². The summed E-state index contributed by atoms with van der Waals surface area (Å²) >= 11 is 5.25. The van der Waals surface area contributed by atoms with Crippen molar-refractivity contribution in [1.29, 1.82) is 0 Å².